The van der Waals surface area contributed by atoms with E-state index in [1.807, 2.05) is 20.8 Å². The van der Waals surface area contributed by atoms with Gasteiger partial charge in [0.1, 0.15) is 11.4 Å². The van der Waals surface area contributed by atoms with Gasteiger partial charge in [0.05, 0.1) is 15.8 Å². The number of rotatable bonds is 0. The molecule has 23 heavy (non-hydrogen) atoms. The number of piperidine rings is 1. The molecular weight excluding hydrogens is 363 g/mol. The van der Waals surface area contributed by atoms with Crippen molar-refractivity contribution in [2.24, 2.45) is 0 Å². The SMILES string of the molecule is CC(C)(C)OC(=O)N1CC2CCCCN2c2cc(Br)c(F)cc21. The molecule has 0 aliphatic carbocycles. The topological polar surface area (TPSA) is 32.8 Å². The highest BCUT2D eigenvalue weighted by Crippen LogP contribution is 2.41. The molecule has 0 saturated carbocycles. The van der Waals surface area contributed by atoms with Crippen molar-refractivity contribution >= 4 is 33.4 Å². The maximum Gasteiger partial charge on any atom is 0.414 e. The summed E-state index contributed by atoms with van der Waals surface area (Å²) in [7, 11) is 0. The fraction of sp³-hybridized carbons (Fsp3) is 0.588. The van der Waals surface area contributed by atoms with E-state index in [0.717, 1.165) is 31.5 Å². The van der Waals surface area contributed by atoms with Crippen LogP contribution in [0.25, 0.3) is 0 Å². The third-order valence-corrected chi connectivity index (χ3v) is 4.86. The summed E-state index contributed by atoms with van der Waals surface area (Å²) < 4.78 is 20.0. The number of fused-ring (bicyclic) bond motifs is 3. The maximum atomic E-state index is 14.1. The molecule has 1 aromatic carbocycles. The predicted octanol–water partition coefficient (Wildman–Crippen LogP) is 4.70. The molecule has 126 valence electrons. The van der Waals surface area contributed by atoms with Crippen molar-refractivity contribution in [2.75, 3.05) is 22.9 Å². The molecule has 3 rings (SSSR count). The van der Waals surface area contributed by atoms with Crippen LogP contribution in [0.1, 0.15) is 40.0 Å². The van der Waals surface area contributed by atoms with Crippen molar-refractivity contribution in [2.45, 2.75) is 51.7 Å². The zero-order valence-electron chi connectivity index (χ0n) is 13.7. The highest BCUT2D eigenvalue weighted by atomic mass is 79.9. The number of hydrogen-bond donors (Lipinski definition) is 0. The second-order valence-corrected chi connectivity index (χ2v) is 8.04. The summed E-state index contributed by atoms with van der Waals surface area (Å²) in [5.74, 6) is -0.368. The number of hydrogen-bond acceptors (Lipinski definition) is 3. The van der Waals surface area contributed by atoms with Crippen LogP contribution in [0, 0.1) is 5.82 Å². The Morgan fingerprint density at radius 2 is 2.04 bits per heavy atom. The van der Waals surface area contributed by atoms with E-state index >= 15 is 0 Å². The Hall–Kier alpha value is -1.30. The molecule has 1 fully saturated rings. The maximum absolute atomic E-state index is 14.1. The van der Waals surface area contributed by atoms with Crippen LogP contribution in [0.5, 0.6) is 0 Å². The van der Waals surface area contributed by atoms with E-state index in [-0.39, 0.29) is 11.9 Å². The molecule has 2 heterocycles. The highest BCUT2D eigenvalue weighted by molar-refractivity contribution is 9.10. The van der Waals surface area contributed by atoms with E-state index in [2.05, 4.69) is 20.8 Å². The van der Waals surface area contributed by atoms with Crippen molar-refractivity contribution in [1.82, 2.24) is 0 Å². The Morgan fingerprint density at radius 1 is 1.30 bits per heavy atom. The van der Waals surface area contributed by atoms with Crippen LogP contribution in [0.15, 0.2) is 16.6 Å². The number of amides is 1. The molecule has 0 spiro atoms. The molecule has 1 atom stereocenters. The molecule has 1 unspecified atom stereocenters. The summed E-state index contributed by atoms with van der Waals surface area (Å²) in [6.07, 6.45) is 2.90. The van der Waals surface area contributed by atoms with Crippen molar-refractivity contribution in [3.8, 4) is 0 Å². The Kier molecular flexibility index (Phi) is 4.29. The first-order valence-corrected chi connectivity index (χ1v) is 8.82. The molecule has 0 bridgehead atoms. The average molecular weight is 385 g/mol. The summed E-state index contributed by atoms with van der Waals surface area (Å²) in [5, 5.41) is 0. The van der Waals surface area contributed by atoms with Gasteiger partial charge in [-0.15, -0.1) is 0 Å². The Balaban J connectivity index is 2.01. The van der Waals surface area contributed by atoms with Crippen molar-refractivity contribution in [3.63, 3.8) is 0 Å². The third kappa shape index (κ3) is 3.32. The van der Waals surface area contributed by atoms with Crippen LogP contribution >= 0.6 is 15.9 Å². The lowest BCUT2D eigenvalue weighted by Gasteiger charge is -2.46. The number of nitrogens with zero attached hydrogens (tertiary/aromatic N) is 2. The lowest BCUT2D eigenvalue weighted by Crippen LogP contribution is -2.53. The van der Waals surface area contributed by atoms with E-state index in [4.69, 9.17) is 4.74 Å². The van der Waals surface area contributed by atoms with E-state index in [9.17, 15) is 9.18 Å². The van der Waals surface area contributed by atoms with Gasteiger partial charge in [0.15, 0.2) is 0 Å². The van der Waals surface area contributed by atoms with Gasteiger partial charge >= 0.3 is 6.09 Å². The quantitative estimate of drug-likeness (QED) is 0.649. The molecule has 0 aromatic heterocycles. The van der Waals surface area contributed by atoms with Crippen molar-refractivity contribution in [1.29, 1.82) is 0 Å². The zero-order chi connectivity index (χ0) is 16.8. The van der Waals surface area contributed by atoms with Gasteiger partial charge in [-0.1, -0.05) is 0 Å². The summed E-state index contributed by atoms with van der Waals surface area (Å²) in [4.78, 5) is 16.5. The fourth-order valence-corrected chi connectivity index (χ4v) is 3.61. The minimum Gasteiger partial charge on any atom is -0.443 e. The fourth-order valence-electron chi connectivity index (χ4n) is 3.28. The number of ether oxygens (including phenoxy) is 1. The molecule has 1 aromatic rings. The lowest BCUT2D eigenvalue weighted by atomic mass is 9.97. The van der Waals surface area contributed by atoms with E-state index in [1.54, 1.807) is 11.0 Å². The molecule has 6 heteroatoms. The monoisotopic (exact) mass is 384 g/mol. The number of benzene rings is 1. The first kappa shape index (κ1) is 16.6. The van der Waals surface area contributed by atoms with Crippen LogP contribution < -0.4 is 9.80 Å². The van der Waals surface area contributed by atoms with E-state index in [0.29, 0.717) is 16.7 Å². The molecule has 0 N–H and O–H groups in total. The average Bonchev–Trinajstić information content (AvgIpc) is 2.46. The minimum absolute atomic E-state index is 0.265. The largest absolute Gasteiger partial charge is 0.443 e. The second kappa shape index (κ2) is 5.96. The highest BCUT2D eigenvalue weighted by Gasteiger charge is 2.37. The standard InChI is InChI=1S/C17H22BrFN2O2/c1-17(2,3)23-16(22)21-10-11-6-4-5-7-20(11)14-8-12(18)13(19)9-15(14)21/h8-9,11H,4-7,10H2,1-3H3. The smallest absolute Gasteiger partial charge is 0.414 e. The molecule has 2 aliphatic rings. The second-order valence-electron chi connectivity index (χ2n) is 7.19. The summed E-state index contributed by atoms with van der Waals surface area (Å²) in [6.45, 7) is 7.00. The molecule has 1 saturated heterocycles. The van der Waals surface area contributed by atoms with Crippen LogP contribution in [0.3, 0.4) is 0 Å². The van der Waals surface area contributed by atoms with Crippen LogP contribution in [0.2, 0.25) is 0 Å². The Morgan fingerprint density at radius 3 is 2.74 bits per heavy atom. The third-order valence-electron chi connectivity index (χ3n) is 4.25. The molecule has 0 radical (unpaired) electrons. The van der Waals surface area contributed by atoms with Gasteiger partial charge in [0, 0.05) is 25.2 Å². The van der Waals surface area contributed by atoms with E-state index < -0.39 is 11.7 Å². The summed E-state index contributed by atoms with van der Waals surface area (Å²) >= 11 is 3.26. The number of carbonyl (C=O) groups is 1. The number of halogens is 2. The molecule has 2 aliphatic heterocycles. The van der Waals surface area contributed by atoms with Crippen LogP contribution in [-0.2, 0) is 4.74 Å². The first-order valence-electron chi connectivity index (χ1n) is 8.02. The van der Waals surface area contributed by atoms with Gasteiger partial charge in [0.2, 0.25) is 0 Å². The van der Waals surface area contributed by atoms with E-state index in [1.165, 1.54) is 6.07 Å². The molecular formula is C17H22BrFN2O2. The van der Waals surface area contributed by atoms with Gasteiger partial charge in [-0.05, 0) is 62.0 Å². The normalized spacial score (nSPS) is 20.8. The zero-order valence-corrected chi connectivity index (χ0v) is 15.3. The van der Waals surface area contributed by atoms with Gasteiger partial charge in [-0.2, -0.15) is 0 Å². The molecule has 1 amide bonds. The number of anilines is 2. The predicted molar refractivity (Wildman–Crippen MR) is 92.7 cm³/mol. The Labute approximate surface area is 144 Å². The first-order chi connectivity index (χ1) is 10.8. The van der Waals surface area contributed by atoms with Gasteiger partial charge in [-0.25, -0.2) is 9.18 Å². The lowest BCUT2D eigenvalue weighted by molar-refractivity contribution is 0.0575. The summed E-state index contributed by atoms with van der Waals surface area (Å²) in [5.41, 5.74) is 0.924. The van der Waals surface area contributed by atoms with Crippen LogP contribution in [-0.4, -0.2) is 30.8 Å². The van der Waals surface area contributed by atoms with Gasteiger partial charge < -0.3 is 9.64 Å². The van der Waals surface area contributed by atoms with Gasteiger partial charge in [0.25, 0.3) is 0 Å². The van der Waals surface area contributed by atoms with Crippen LogP contribution in [0.4, 0.5) is 20.6 Å². The van der Waals surface area contributed by atoms with Gasteiger partial charge in [-0.3, -0.25) is 4.90 Å². The van der Waals surface area contributed by atoms with Crippen molar-refractivity contribution in [3.05, 3.63) is 22.4 Å². The summed E-state index contributed by atoms with van der Waals surface area (Å²) in [6, 6.07) is 3.47. The van der Waals surface area contributed by atoms with Crippen molar-refractivity contribution < 1.29 is 13.9 Å². The number of carbonyl (C=O) groups excluding carboxylic acids is 1. The molecule has 4 nitrogen and oxygen atoms in total. The minimum atomic E-state index is -0.575. The Bertz CT molecular complexity index is 630.